The van der Waals surface area contributed by atoms with Crippen LogP contribution in [0.25, 0.3) is 22.5 Å². The Morgan fingerprint density at radius 3 is 2.84 bits per heavy atom. The molecule has 0 amide bonds. The van der Waals surface area contributed by atoms with E-state index in [1.165, 1.54) is 0 Å². The minimum Gasteiger partial charge on any atom is -0.461 e. The summed E-state index contributed by atoms with van der Waals surface area (Å²) < 4.78 is 5.33. The standard InChI is InChI=1S/C15H11N3O/c1-2-9-16-14-11-6-3-4-7-12(11)17-15(18-14)13-8-5-10-19-13/h1,3-8,10H,9H2,(H,16,17,18). The van der Waals surface area contributed by atoms with E-state index < -0.39 is 0 Å². The van der Waals surface area contributed by atoms with Crippen molar-refractivity contribution >= 4 is 16.7 Å². The molecule has 0 aliphatic heterocycles. The fraction of sp³-hybridized carbons (Fsp3) is 0.0667. The highest BCUT2D eigenvalue weighted by Gasteiger charge is 2.10. The van der Waals surface area contributed by atoms with Crippen LogP contribution in [0.2, 0.25) is 0 Å². The summed E-state index contributed by atoms with van der Waals surface area (Å²) in [5, 5.41) is 4.05. The molecule has 0 aliphatic rings. The molecule has 1 N–H and O–H groups in total. The first-order chi connectivity index (χ1) is 9.38. The third-order valence-electron chi connectivity index (χ3n) is 2.70. The fourth-order valence-corrected chi connectivity index (χ4v) is 1.86. The Hall–Kier alpha value is -2.80. The molecule has 4 heteroatoms. The second-order valence-corrected chi connectivity index (χ2v) is 3.95. The Labute approximate surface area is 110 Å². The van der Waals surface area contributed by atoms with Crippen LogP contribution in [-0.2, 0) is 0 Å². The number of terminal acetylenes is 1. The number of nitrogens with one attached hydrogen (secondary N) is 1. The third-order valence-corrected chi connectivity index (χ3v) is 2.70. The molecule has 19 heavy (non-hydrogen) atoms. The summed E-state index contributed by atoms with van der Waals surface area (Å²) in [6.07, 6.45) is 6.88. The summed E-state index contributed by atoms with van der Waals surface area (Å²) in [5.74, 6) is 4.44. The van der Waals surface area contributed by atoms with Gasteiger partial charge in [-0.1, -0.05) is 18.1 Å². The van der Waals surface area contributed by atoms with Gasteiger partial charge in [0.2, 0.25) is 0 Å². The maximum Gasteiger partial charge on any atom is 0.198 e. The number of furan rings is 1. The van der Waals surface area contributed by atoms with Crippen molar-refractivity contribution in [2.45, 2.75) is 0 Å². The van der Waals surface area contributed by atoms with Crippen molar-refractivity contribution in [3.63, 3.8) is 0 Å². The van der Waals surface area contributed by atoms with Gasteiger partial charge in [-0.2, -0.15) is 0 Å². The van der Waals surface area contributed by atoms with Crippen molar-refractivity contribution in [3.05, 3.63) is 42.7 Å². The molecule has 0 atom stereocenters. The van der Waals surface area contributed by atoms with Gasteiger partial charge in [0, 0.05) is 5.39 Å². The number of anilines is 1. The van der Waals surface area contributed by atoms with Gasteiger partial charge in [-0.3, -0.25) is 0 Å². The Kier molecular flexibility index (Phi) is 2.87. The number of fused-ring (bicyclic) bond motifs is 1. The first-order valence-corrected chi connectivity index (χ1v) is 5.86. The van der Waals surface area contributed by atoms with E-state index in [1.807, 2.05) is 36.4 Å². The highest BCUT2D eigenvalue weighted by atomic mass is 16.3. The lowest BCUT2D eigenvalue weighted by atomic mass is 10.2. The van der Waals surface area contributed by atoms with Crippen LogP contribution in [0, 0.1) is 12.3 Å². The average molecular weight is 249 g/mol. The summed E-state index contributed by atoms with van der Waals surface area (Å²) in [5.41, 5.74) is 0.850. The predicted octanol–water partition coefficient (Wildman–Crippen LogP) is 2.93. The van der Waals surface area contributed by atoms with Gasteiger partial charge in [-0.15, -0.1) is 6.42 Å². The largest absolute Gasteiger partial charge is 0.461 e. The zero-order valence-corrected chi connectivity index (χ0v) is 10.1. The van der Waals surface area contributed by atoms with Crippen LogP contribution in [0.1, 0.15) is 0 Å². The van der Waals surface area contributed by atoms with Crippen molar-refractivity contribution in [1.82, 2.24) is 9.97 Å². The molecule has 3 rings (SSSR count). The highest BCUT2D eigenvalue weighted by molar-refractivity contribution is 5.90. The van der Waals surface area contributed by atoms with Crippen molar-refractivity contribution in [2.75, 3.05) is 11.9 Å². The normalized spacial score (nSPS) is 10.3. The van der Waals surface area contributed by atoms with E-state index in [0.717, 1.165) is 16.7 Å². The van der Waals surface area contributed by atoms with E-state index in [2.05, 4.69) is 21.2 Å². The molecular formula is C15H11N3O. The molecule has 0 saturated heterocycles. The number of para-hydroxylation sites is 1. The molecular weight excluding hydrogens is 238 g/mol. The molecule has 0 bridgehead atoms. The minimum atomic E-state index is 0.415. The molecule has 4 nitrogen and oxygen atoms in total. The summed E-state index contributed by atoms with van der Waals surface area (Å²) in [6.45, 7) is 0.415. The molecule has 0 radical (unpaired) electrons. The SMILES string of the molecule is C#CCNc1nc(-c2ccco2)nc2ccccc12. The summed E-state index contributed by atoms with van der Waals surface area (Å²) in [6, 6.07) is 11.4. The molecule has 2 heterocycles. The van der Waals surface area contributed by atoms with E-state index >= 15 is 0 Å². The van der Waals surface area contributed by atoms with E-state index in [9.17, 15) is 0 Å². The van der Waals surface area contributed by atoms with Gasteiger partial charge in [0.1, 0.15) is 5.82 Å². The van der Waals surface area contributed by atoms with Crippen molar-refractivity contribution in [1.29, 1.82) is 0 Å². The molecule has 2 aromatic heterocycles. The van der Waals surface area contributed by atoms with Gasteiger partial charge in [0.15, 0.2) is 11.6 Å². The van der Waals surface area contributed by atoms with E-state index in [0.29, 0.717) is 18.1 Å². The van der Waals surface area contributed by atoms with Crippen molar-refractivity contribution < 1.29 is 4.42 Å². The summed E-state index contributed by atoms with van der Waals surface area (Å²) >= 11 is 0. The van der Waals surface area contributed by atoms with Gasteiger partial charge in [0.05, 0.1) is 18.3 Å². The highest BCUT2D eigenvalue weighted by Crippen LogP contribution is 2.24. The number of rotatable bonds is 3. The van der Waals surface area contributed by atoms with Gasteiger partial charge >= 0.3 is 0 Å². The first-order valence-electron chi connectivity index (χ1n) is 5.86. The van der Waals surface area contributed by atoms with E-state index in [1.54, 1.807) is 6.26 Å². The third kappa shape index (κ3) is 2.14. The number of nitrogens with zero attached hydrogens (tertiary/aromatic N) is 2. The summed E-state index contributed by atoms with van der Waals surface area (Å²) in [7, 11) is 0. The maximum atomic E-state index is 5.33. The molecule has 0 spiro atoms. The van der Waals surface area contributed by atoms with Crippen LogP contribution in [0.15, 0.2) is 47.1 Å². The lowest BCUT2D eigenvalue weighted by Gasteiger charge is -2.07. The molecule has 0 fully saturated rings. The number of benzene rings is 1. The van der Waals surface area contributed by atoms with Crippen LogP contribution in [-0.4, -0.2) is 16.5 Å². The Morgan fingerprint density at radius 1 is 1.16 bits per heavy atom. The number of hydrogen-bond acceptors (Lipinski definition) is 4. The zero-order chi connectivity index (χ0) is 13.1. The quantitative estimate of drug-likeness (QED) is 0.725. The number of aromatic nitrogens is 2. The van der Waals surface area contributed by atoms with Crippen LogP contribution in [0.4, 0.5) is 5.82 Å². The van der Waals surface area contributed by atoms with E-state index in [-0.39, 0.29) is 0 Å². The summed E-state index contributed by atoms with van der Waals surface area (Å²) in [4.78, 5) is 8.96. The number of hydrogen-bond donors (Lipinski definition) is 1. The fourth-order valence-electron chi connectivity index (χ4n) is 1.86. The monoisotopic (exact) mass is 249 g/mol. The second-order valence-electron chi connectivity index (χ2n) is 3.95. The Balaban J connectivity index is 2.18. The molecule has 0 unspecified atom stereocenters. The van der Waals surface area contributed by atoms with E-state index in [4.69, 9.17) is 10.8 Å². The van der Waals surface area contributed by atoms with Gasteiger partial charge in [-0.05, 0) is 24.3 Å². The average Bonchev–Trinajstić information content (AvgIpc) is 2.98. The van der Waals surface area contributed by atoms with Crippen LogP contribution in [0.3, 0.4) is 0 Å². The Bertz CT molecular complexity index is 742. The molecule has 92 valence electrons. The molecule has 1 aromatic carbocycles. The van der Waals surface area contributed by atoms with Crippen LogP contribution < -0.4 is 5.32 Å². The van der Waals surface area contributed by atoms with Crippen LogP contribution >= 0.6 is 0 Å². The predicted molar refractivity (Wildman–Crippen MR) is 74.6 cm³/mol. The molecule has 0 aliphatic carbocycles. The van der Waals surface area contributed by atoms with Gasteiger partial charge in [0.25, 0.3) is 0 Å². The smallest absolute Gasteiger partial charge is 0.198 e. The van der Waals surface area contributed by atoms with Crippen LogP contribution in [0.5, 0.6) is 0 Å². The minimum absolute atomic E-state index is 0.415. The van der Waals surface area contributed by atoms with Crippen molar-refractivity contribution in [3.8, 4) is 23.9 Å². The topological polar surface area (TPSA) is 51.0 Å². The van der Waals surface area contributed by atoms with Gasteiger partial charge in [-0.25, -0.2) is 9.97 Å². The lowest BCUT2D eigenvalue weighted by Crippen LogP contribution is -2.03. The maximum absolute atomic E-state index is 5.33. The molecule has 3 aromatic rings. The van der Waals surface area contributed by atoms with Crippen molar-refractivity contribution in [2.24, 2.45) is 0 Å². The lowest BCUT2D eigenvalue weighted by molar-refractivity contribution is 0.577. The van der Waals surface area contributed by atoms with Gasteiger partial charge < -0.3 is 9.73 Å². The second kappa shape index (κ2) is 4.83. The Morgan fingerprint density at radius 2 is 2.05 bits per heavy atom. The first kappa shape index (κ1) is 11.3. The zero-order valence-electron chi connectivity index (χ0n) is 10.1. The molecule has 0 saturated carbocycles.